The largest absolute Gasteiger partial charge is 0.496 e. The lowest BCUT2D eigenvalue weighted by Crippen LogP contribution is -2.08. The second kappa shape index (κ2) is 7.72. The molecule has 3 aromatic rings. The lowest BCUT2D eigenvalue weighted by Gasteiger charge is -2.08. The number of hydrogen-bond acceptors (Lipinski definition) is 4. The first-order valence-electron chi connectivity index (χ1n) is 7.76. The fourth-order valence-electron chi connectivity index (χ4n) is 2.53. The summed E-state index contributed by atoms with van der Waals surface area (Å²) in [7, 11) is 0.00552. The van der Waals surface area contributed by atoms with E-state index >= 15 is 0 Å². The maximum absolute atomic E-state index is 12.7. The zero-order valence-electron chi connectivity index (χ0n) is 14.2. The first-order chi connectivity index (χ1) is 12.5. The van der Waals surface area contributed by atoms with Crippen LogP contribution in [-0.4, -0.2) is 22.4 Å². The summed E-state index contributed by atoms with van der Waals surface area (Å²) in [5, 5.41) is 9.53. The number of benzene rings is 2. The molecule has 3 rings (SSSR count). The topological polar surface area (TPSA) is 75.6 Å². The summed E-state index contributed by atoms with van der Waals surface area (Å²) in [5.74, 6) is -0.419. The van der Waals surface area contributed by atoms with Crippen LogP contribution >= 0.6 is 11.3 Å². The third kappa shape index (κ3) is 3.63. The number of para-hydroxylation sites is 1. The predicted molar refractivity (Wildman–Crippen MR) is 104 cm³/mol. The Balaban J connectivity index is 2.00. The van der Waals surface area contributed by atoms with E-state index in [1.807, 2.05) is 43.3 Å². The van der Waals surface area contributed by atoms with Crippen LogP contribution in [0.5, 0.6) is 5.75 Å². The predicted octanol–water partition coefficient (Wildman–Crippen LogP) is 4.57. The number of ether oxygens (including phenoxy) is 1. The second-order valence-corrected chi connectivity index (χ2v) is 7.73. The van der Waals surface area contributed by atoms with Gasteiger partial charge in [0, 0.05) is 10.4 Å². The quantitative estimate of drug-likeness (QED) is 0.650. The van der Waals surface area contributed by atoms with E-state index in [1.165, 1.54) is 0 Å². The van der Waals surface area contributed by atoms with Gasteiger partial charge in [-0.1, -0.05) is 30.3 Å². The van der Waals surface area contributed by atoms with Crippen LogP contribution in [0, 0.1) is 6.92 Å². The van der Waals surface area contributed by atoms with Gasteiger partial charge in [-0.15, -0.1) is 11.3 Å². The van der Waals surface area contributed by atoms with Crippen LogP contribution in [-0.2, 0) is 11.0 Å². The van der Waals surface area contributed by atoms with Crippen molar-refractivity contribution in [2.45, 2.75) is 11.8 Å². The highest BCUT2D eigenvalue weighted by Crippen LogP contribution is 2.39. The number of hydrogen-bond donors (Lipinski definition) is 2. The van der Waals surface area contributed by atoms with Gasteiger partial charge in [0.1, 0.15) is 10.6 Å². The number of thiophene rings is 1. The third-order valence-electron chi connectivity index (χ3n) is 3.79. The van der Waals surface area contributed by atoms with E-state index < -0.39 is 17.0 Å². The molecule has 1 heterocycles. The molecule has 0 radical (unpaired) electrons. The molecule has 0 aliphatic rings. The number of anilines is 1. The molecule has 1 atom stereocenters. The van der Waals surface area contributed by atoms with Crippen molar-refractivity contribution in [3.05, 3.63) is 65.0 Å². The van der Waals surface area contributed by atoms with Crippen LogP contribution in [0.15, 0.2) is 59.5 Å². The van der Waals surface area contributed by atoms with Crippen LogP contribution in [0.1, 0.15) is 15.2 Å². The van der Waals surface area contributed by atoms with E-state index in [1.54, 1.807) is 25.3 Å². The van der Waals surface area contributed by atoms with Gasteiger partial charge in [-0.05, 0) is 36.8 Å². The highest BCUT2D eigenvalue weighted by molar-refractivity contribution is 7.86. The van der Waals surface area contributed by atoms with Gasteiger partial charge in [0.15, 0.2) is 11.0 Å². The van der Waals surface area contributed by atoms with E-state index in [9.17, 15) is 14.1 Å². The third-order valence-corrected chi connectivity index (χ3v) is 6.21. The molecular formula is C19H17NO4S2. The SMILES string of the molecule is COc1ccccc1-c1cc(NS(=O)c2ccccc2C)c(C(=O)O)s1. The fraction of sp³-hybridized carbons (Fsp3) is 0.105. The van der Waals surface area contributed by atoms with Gasteiger partial charge in [-0.2, -0.15) is 0 Å². The Morgan fingerprint density at radius 1 is 1.15 bits per heavy atom. The number of rotatable bonds is 6. The molecule has 0 aliphatic heterocycles. The van der Waals surface area contributed by atoms with Crippen molar-refractivity contribution < 1.29 is 18.8 Å². The van der Waals surface area contributed by atoms with Gasteiger partial charge in [0.05, 0.1) is 17.7 Å². The van der Waals surface area contributed by atoms with E-state index in [2.05, 4.69) is 4.72 Å². The van der Waals surface area contributed by atoms with E-state index in [0.29, 0.717) is 16.3 Å². The molecule has 7 heteroatoms. The normalized spacial score (nSPS) is 11.8. The molecule has 26 heavy (non-hydrogen) atoms. The van der Waals surface area contributed by atoms with Crippen molar-refractivity contribution in [3.8, 4) is 16.2 Å². The van der Waals surface area contributed by atoms with E-state index in [0.717, 1.165) is 27.3 Å². The fourth-order valence-corrected chi connectivity index (χ4v) is 4.61. The highest BCUT2D eigenvalue weighted by Gasteiger charge is 2.20. The minimum absolute atomic E-state index is 0.104. The van der Waals surface area contributed by atoms with Gasteiger partial charge >= 0.3 is 5.97 Å². The molecule has 0 aliphatic carbocycles. The van der Waals surface area contributed by atoms with E-state index in [-0.39, 0.29) is 4.88 Å². The van der Waals surface area contributed by atoms with Crippen molar-refractivity contribution in [1.29, 1.82) is 0 Å². The number of aromatic carboxylic acids is 1. The smallest absolute Gasteiger partial charge is 0.348 e. The van der Waals surface area contributed by atoms with Gasteiger partial charge in [-0.25, -0.2) is 9.00 Å². The summed E-state index contributed by atoms with van der Waals surface area (Å²) in [4.78, 5) is 13.1. The number of aryl methyl sites for hydroxylation is 1. The molecule has 0 saturated carbocycles. The van der Waals surface area contributed by atoms with E-state index in [4.69, 9.17) is 4.74 Å². The molecular weight excluding hydrogens is 370 g/mol. The Morgan fingerprint density at radius 2 is 1.85 bits per heavy atom. The molecule has 134 valence electrons. The molecule has 0 spiro atoms. The van der Waals surface area contributed by atoms with Crippen LogP contribution < -0.4 is 9.46 Å². The molecule has 0 saturated heterocycles. The van der Waals surface area contributed by atoms with Gasteiger partial charge in [-0.3, -0.25) is 4.72 Å². The number of carbonyl (C=O) groups is 1. The molecule has 2 aromatic carbocycles. The average Bonchev–Trinajstić information content (AvgIpc) is 3.05. The molecule has 5 nitrogen and oxygen atoms in total. The summed E-state index contributed by atoms with van der Waals surface area (Å²) in [6.07, 6.45) is 0. The van der Waals surface area contributed by atoms with Crippen LogP contribution in [0.25, 0.3) is 10.4 Å². The lowest BCUT2D eigenvalue weighted by molar-refractivity contribution is 0.0703. The van der Waals surface area contributed by atoms with Gasteiger partial charge in [0.2, 0.25) is 0 Å². The number of carboxylic acid groups (broad SMARTS) is 1. The molecule has 1 aromatic heterocycles. The number of methoxy groups -OCH3 is 1. The lowest BCUT2D eigenvalue weighted by atomic mass is 10.1. The molecule has 0 amide bonds. The average molecular weight is 387 g/mol. The summed E-state index contributed by atoms with van der Waals surface area (Å²) in [5.41, 5.74) is 1.98. The first kappa shape index (κ1) is 18.2. The Labute approximate surface area is 157 Å². The Morgan fingerprint density at radius 3 is 2.54 bits per heavy atom. The summed E-state index contributed by atoms with van der Waals surface area (Å²) in [6, 6.07) is 16.4. The number of carboxylic acids is 1. The Bertz CT molecular complexity index is 981. The summed E-state index contributed by atoms with van der Waals surface area (Å²) in [6.45, 7) is 1.86. The van der Waals surface area contributed by atoms with Crippen molar-refractivity contribution in [3.63, 3.8) is 0 Å². The van der Waals surface area contributed by atoms with Crippen LogP contribution in [0.4, 0.5) is 5.69 Å². The van der Waals surface area contributed by atoms with Gasteiger partial charge < -0.3 is 9.84 Å². The second-order valence-electron chi connectivity index (χ2n) is 5.50. The molecule has 0 bridgehead atoms. The molecule has 2 N–H and O–H groups in total. The van der Waals surface area contributed by atoms with Crippen LogP contribution in [0.3, 0.4) is 0 Å². The Hall–Kier alpha value is -2.64. The first-order valence-corrected chi connectivity index (χ1v) is 9.72. The highest BCUT2D eigenvalue weighted by atomic mass is 32.2. The van der Waals surface area contributed by atoms with Crippen LogP contribution in [0.2, 0.25) is 0 Å². The maximum Gasteiger partial charge on any atom is 0.348 e. The minimum Gasteiger partial charge on any atom is -0.496 e. The summed E-state index contributed by atoms with van der Waals surface area (Å²) >= 11 is 1.12. The van der Waals surface area contributed by atoms with Crippen molar-refractivity contribution in [1.82, 2.24) is 0 Å². The molecule has 0 fully saturated rings. The van der Waals surface area contributed by atoms with Crippen molar-refractivity contribution in [2.75, 3.05) is 11.8 Å². The molecule has 1 unspecified atom stereocenters. The monoisotopic (exact) mass is 387 g/mol. The standard InChI is InChI=1S/C19H17NO4S2/c1-12-7-3-6-10-17(12)26(23)20-14-11-16(25-18(14)19(21)22)13-8-4-5-9-15(13)24-2/h3-11,20H,1-2H3,(H,21,22). The van der Waals surface area contributed by atoms with Gasteiger partial charge in [0.25, 0.3) is 0 Å². The van der Waals surface area contributed by atoms with Crippen molar-refractivity contribution in [2.24, 2.45) is 0 Å². The zero-order valence-corrected chi connectivity index (χ0v) is 15.8. The summed E-state index contributed by atoms with van der Waals surface area (Å²) < 4.78 is 20.9. The minimum atomic E-state index is -1.56. The zero-order chi connectivity index (χ0) is 18.7. The Kier molecular flexibility index (Phi) is 5.39. The van der Waals surface area contributed by atoms with Crippen molar-refractivity contribution >= 4 is 34.0 Å². The number of nitrogens with one attached hydrogen (secondary N) is 1. The maximum atomic E-state index is 12.7.